The summed E-state index contributed by atoms with van der Waals surface area (Å²) in [4.78, 5) is 4.23. The molecule has 0 aliphatic rings. The third kappa shape index (κ3) is 4.96. The van der Waals surface area contributed by atoms with E-state index in [0.717, 1.165) is 28.8 Å². The molecule has 0 aliphatic heterocycles. The van der Waals surface area contributed by atoms with Crippen LogP contribution in [0.15, 0.2) is 15.6 Å². The number of nitrogens with zero attached hydrogens (tertiary/aromatic N) is 4. The highest BCUT2D eigenvalue weighted by Crippen LogP contribution is 2.14. The minimum absolute atomic E-state index is 0. The van der Waals surface area contributed by atoms with Crippen molar-refractivity contribution in [2.45, 2.75) is 46.7 Å². The summed E-state index contributed by atoms with van der Waals surface area (Å²) in [6.07, 6.45) is 0. The molecule has 0 amide bonds. The zero-order chi connectivity index (χ0) is 17.0. The maximum Gasteiger partial charge on any atom is 0.191 e. The molecule has 0 atom stereocenters. The molecule has 0 saturated heterocycles. The van der Waals surface area contributed by atoms with Crippen LogP contribution in [0.4, 0.5) is 0 Å². The van der Waals surface area contributed by atoms with Gasteiger partial charge in [0.15, 0.2) is 11.7 Å². The lowest BCUT2D eigenvalue weighted by atomic mass is 10.1. The van der Waals surface area contributed by atoms with Crippen molar-refractivity contribution in [1.29, 1.82) is 0 Å². The summed E-state index contributed by atoms with van der Waals surface area (Å²) in [5.41, 5.74) is 4.34. The number of aromatic nitrogens is 3. The maximum absolute atomic E-state index is 5.32. The minimum Gasteiger partial charge on any atom is -0.359 e. The molecule has 2 rings (SSSR count). The summed E-state index contributed by atoms with van der Waals surface area (Å²) in [5.74, 6) is 1.88. The zero-order valence-corrected chi connectivity index (χ0v) is 17.5. The first kappa shape index (κ1) is 20.5. The van der Waals surface area contributed by atoms with Crippen molar-refractivity contribution in [1.82, 2.24) is 25.6 Å². The van der Waals surface area contributed by atoms with Crippen LogP contribution in [-0.4, -0.2) is 27.9 Å². The van der Waals surface area contributed by atoms with Crippen molar-refractivity contribution in [2.75, 3.05) is 7.05 Å². The van der Waals surface area contributed by atoms with Gasteiger partial charge in [0.1, 0.15) is 0 Å². The average molecular weight is 446 g/mol. The van der Waals surface area contributed by atoms with Crippen LogP contribution in [0.25, 0.3) is 0 Å². The molecule has 7 nitrogen and oxygen atoms in total. The van der Waals surface area contributed by atoms with Gasteiger partial charge in [0, 0.05) is 38.0 Å². The average Bonchev–Trinajstić information content (AvgIpc) is 3.07. The monoisotopic (exact) mass is 446 g/mol. The lowest BCUT2D eigenvalue weighted by molar-refractivity contribution is 0.372. The van der Waals surface area contributed by atoms with Crippen LogP contribution in [-0.2, 0) is 20.1 Å². The summed E-state index contributed by atoms with van der Waals surface area (Å²) in [6.45, 7) is 9.49. The molecule has 0 aliphatic carbocycles. The predicted octanol–water partition coefficient (Wildman–Crippen LogP) is 2.63. The largest absolute Gasteiger partial charge is 0.359 e. The highest BCUT2D eigenvalue weighted by Gasteiger charge is 2.11. The van der Waals surface area contributed by atoms with E-state index in [-0.39, 0.29) is 24.0 Å². The minimum atomic E-state index is 0. The summed E-state index contributed by atoms with van der Waals surface area (Å²) < 4.78 is 7.21. The molecule has 0 saturated carbocycles. The number of halogens is 1. The Labute approximate surface area is 160 Å². The summed E-state index contributed by atoms with van der Waals surface area (Å²) in [7, 11) is 3.70. The molecule has 0 aromatic carbocycles. The maximum atomic E-state index is 5.32. The van der Waals surface area contributed by atoms with E-state index in [4.69, 9.17) is 4.52 Å². The Bertz CT molecular complexity index is 689. The van der Waals surface area contributed by atoms with E-state index in [9.17, 15) is 0 Å². The van der Waals surface area contributed by atoms with Gasteiger partial charge in [0.2, 0.25) is 0 Å². The third-order valence-electron chi connectivity index (χ3n) is 3.91. The van der Waals surface area contributed by atoms with Gasteiger partial charge in [-0.3, -0.25) is 9.67 Å². The van der Waals surface area contributed by atoms with Crippen LogP contribution < -0.4 is 10.6 Å². The van der Waals surface area contributed by atoms with Gasteiger partial charge < -0.3 is 15.2 Å². The lowest BCUT2D eigenvalue weighted by Gasteiger charge is -2.11. The molecule has 134 valence electrons. The highest BCUT2D eigenvalue weighted by molar-refractivity contribution is 14.0. The number of hydrogen-bond donors (Lipinski definition) is 2. The first-order chi connectivity index (χ1) is 10.9. The molecule has 0 spiro atoms. The van der Waals surface area contributed by atoms with Crippen molar-refractivity contribution in [3.05, 3.63) is 34.5 Å². The second kappa shape index (κ2) is 9.05. The SMILES string of the molecule is CN=C(NCc1cc(C(C)C)no1)NCc1c(C)nn(C)c1C.I. The van der Waals surface area contributed by atoms with Gasteiger partial charge in [-0.1, -0.05) is 19.0 Å². The van der Waals surface area contributed by atoms with Crippen LogP contribution in [0.3, 0.4) is 0 Å². The molecular weight excluding hydrogens is 419 g/mol. The molecule has 2 heterocycles. The van der Waals surface area contributed by atoms with Crippen molar-refractivity contribution in [2.24, 2.45) is 12.0 Å². The van der Waals surface area contributed by atoms with Crippen molar-refractivity contribution in [3.8, 4) is 0 Å². The molecule has 2 aromatic rings. The number of guanidine groups is 1. The van der Waals surface area contributed by atoms with Crippen LogP contribution in [0, 0.1) is 13.8 Å². The Hall–Kier alpha value is -1.58. The molecule has 8 heteroatoms. The predicted molar refractivity (Wildman–Crippen MR) is 106 cm³/mol. The normalized spacial score (nSPS) is 11.5. The fourth-order valence-electron chi connectivity index (χ4n) is 2.32. The molecule has 0 radical (unpaired) electrons. The Kier molecular flexibility index (Phi) is 7.71. The highest BCUT2D eigenvalue weighted by atomic mass is 127. The van der Waals surface area contributed by atoms with Crippen molar-refractivity contribution >= 4 is 29.9 Å². The van der Waals surface area contributed by atoms with Crippen LogP contribution in [0.1, 0.15) is 48.2 Å². The molecule has 0 bridgehead atoms. The van der Waals surface area contributed by atoms with Gasteiger partial charge >= 0.3 is 0 Å². The first-order valence-electron chi connectivity index (χ1n) is 7.81. The molecule has 0 unspecified atom stereocenters. The van der Waals surface area contributed by atoms with Crippen LogP contribution in [0.5, 0.6) is 0 Å². The fourth-order valence-corrected chi connectivity index (χ4v) is 2.32. The van der Waals surface area contributed by atoms with Gasteiger partial charge in [-0.05, 0) is 19.8 Å². The Morgan fingerprint density at radius 2 is 1.96 bits per heavy atom. The van der Waals surface area contributed by atoms with E-state index < -0.39 is 0 Å². The fraction of sp³-hybridized carbons (Fsp3) is 0.562. The standard InChI is InChI=1S/C16H26N6O.HI/c1-10(2)15-7-13(23-21-15)8-18-16(17-5)19-9-14-11(3)20-22(6)12(14)4;/h7,10H,8-9H2,1-6H3,(H2,17,18,19);1H. The summed E-state index contributed by atoms with van der Waals surface area (Å²) >= 11 is 0. The van der Waals surface area contributed by atoms with Crippen molar-refractivity contribution in [3.63, 3.8) is 0 Å². The number of rotatable bonds is 5. The van der Waals surface area contributed by atoms with Gasteiger partial charge in [-0.15, -0.1) is 24.0 Å². The van der Waals surface area contributed by atoms with Crippen molar-refractivity contribution < 1.29 is 4.52 Å². The second-order valence-electron chi connectivity index (χ2n) is 5.93. The van der Waals surface area contributed by atoms with E-state index in [1.807, 2.05) is 24.7 Å². The second-order valence-corrected chi connectivity index (χ2v) is 5.93. The lowest BCUT2D eigenvalue weighted by Crippen LogP contribution is -2.36. The first-order valence-corrected chi connectivity index (χ1v) is 7.81. The topological polar surface area (TPSA) is 80.3 Å². The van der Waals surface area contributed by atoms with Gasteiger partial charge in [0.05, 0.1) is 17.9 Å². The number of aliphatic imine (C=N–C) groups is 1. The van der Waals surface area contributed by atoms with E-state index >= 15 is 0 Å². The smallest absolute Gasteiger partial charge is 0.191 e. The summed E-state index contributed by atoms with van der Waals surface area (Å²) in [5, 5.41) is 15.0. The van der Waals surface area contributed by atoms with Crippen LogP contribution in [0.2, 0.25) is 0 Å². The third-order valence-corrected chi connectivity index (χ3v) is 3.91. The van der Waals surface area contributed by atoms with Gasteiger partial charge in [-0.2, -0.15) is 5.10 Å². The molecule has 2 N–H and O–H groups in total. The van der Waals surface area contributed by atoms with E-state index in [2.05, 4.69) is 46.7 Å². The quantitative estimate of drug-likeness (QED) is 0.420. The number of aryl methyl sites for hydroxylation is 2. The number of nitrogens with one attached hydrogen (secondary N) is 2. The van der Waals surface area contributed by atoms with E-state index in [0.29, 0.717) is 19.0 Å². The van der Waals surface area contributed by atoms with E-state index in [1.165, 1.54) is 5.56 Å². The Morgan fingerprint density at radius 3 is 2.46 bits per heavy atom. The van der Waals surface area contributed by atoms with Gasteiger partial charge in [0.25, 0.3) is 0 Å². The number of hydrogen-bond acceptors (Lipinski definition) is 4. The molecule has 0 fully saturated rings. The Balaban J connectivity index is 0.00000288. The zero-order valence-electron chi connectivity index (χ0n) is 15.2. The van der Waals surface area contributed by atoms with Crippen LogP contribution >= 0.6 is 24.0 Å². The van der Waals surface area contributed by atoms with E-state index in [1.54, 1.807) is 7.05 Å². The Morgan fingerprint density at radius 1 is 1.29 bits per heavy atom. The summed E-state index contributed by atoms with van der Waals surface area (Å²) in [6, 6.07) is 1.97. The molecule has 24 heavy (non-hydrogen) atoms. The molecule has 2 aromatic heterocycles. The molecular formula is C16H27IN6O. The van der Waals surface area contributed by atoms with Gasteiger partial charge in [-0.25, -0.2) is 0 Å².